The lowest BCUT2D eigenvalue weighted by molar-refractivity contribution is 0.0250. The maximum absolute atomic E-state index is 10.7. The Balaban J connectivity index is 1.15. The molecule has 5 rings (SSSR count). The molecule has 2 unspecified atom stereocenters. The van der Waals surface area contributed by atoms with E-state index < -0.39 is 6.10 Å². The third-order valence-electron chi connectivity index (χ3n) is 6.73. The molecule has 1 aliphatic carbocycles. The Morgan fingerprint density at radius 3 is 2.29 bits per heavy atom. The Hall–Kier alpha value is -3.50. The summed E-state index contributed by atoms with van der Waals surface area (Å²) in [6, 6.07) is 23.5. The van der Waals surface area contributed by atoms with Crippen molar-refractivity contribution in [1.82, 2.24) is 9.80 Å². The summed E-state index contributed by atoms with van der Waals surface area (Å²) in [5.74, 6) is 0.684. The Morgan fingerprint density at radius 2 is 1.66 bits per heavy atom. The zero-order valence-corrected chi connectivity index (χ0v) is 19.7. The number of aliphatic hydroxyl groups is 1. The van der Waals surface area contributed by atoms with E-state index in [9.17, 15) is 5.11 Å². The van der Waals surface area contributed by atoms with Crippen molar-refractivity contribution in [3.63, 3.8) is 0 Å². The lowest BCUT2D eigenvalue weighted by Gasteiger charge is -2.40. The molecule has 0 saturated carbocycles. The van der Waals surface area contributed by atoms with Gasteiger partial charge in [0, 0.05) is 38.3 Å². The van der Waals surface area contributed by atoms with Crippen molar-refractivity contribution in [2.24, 2.45) is 4.99 Å². The van der Waals surface area contributed by atoms with E-state index in [0.29, 0.717) is 18.0 Å². The van der Waals surface area contributed by atoms with Gasteiger partial charge in [0.1, 0.15) is 30.3 Å². The minimum atomic E-state index is -0.593. The maximum atomic E-state index is 10.7. The molecular formula is C29H30N4O2. The topological polar surface area (TPSA) is 72.1 Å². The largest absolute Gasteiger partial charge is 0.490 e. The molecule has 2 aliphatic heterocycles. The number of aliphatic hydroxyl groups excluding tert-OH is 1. The molecule has 178 valence electrons. The summed E-state index contributed by atoms with van der Waals surface area (Å²) in [4.78, 5) is 9.18. The number of fused-ring (bicyclic) bond motifs is 1. The Morgan fingerprint density at radius 1 is 1.00 bits per heavy atom. The highest BCUT2D eigenvalue weighted by Gasteiger charge is 2.28. The van der Waals surface area contributed by atoms with Crippen LogP contribution in [0, 0.1) is 11.3 Å². The van der Waals surface area contributed by atoms with Crippen LogP contribution in [0.4, 0.5) is 0 Å². The molecule has 6 heteroatoms. The summed E-state index contributed by atoms with van der Waals surface area (Å²) in [7, 11) is 0. The molecular weight excluding hydrogens is 436 g/mol. The Labute approximate surface area is 206 Å². The van der Waals surface area contributed by atoms with Crippen LogP contribution in [-0.2, 0) is 4.74 Å². The van der Waals surface area contributed by atoms with Gasteiger partial charge in [0.05, 0.1) is 12.1 Å². The number of hydrogen-bond acceptors (Lipinski definition) is 6. The summed E-state index contributed by atoms with van der Waals surface area (Å²) in [6.07, 6.45) is 6.88. The molecule has 1 fully saturated rings. The number of β-amino-alcohol motifs (C(OH)–C–C–N with tert-alkyl or cyclic N) is 1. The van der Waals surface area contributed by atoms with Crippen LogP contribution in [0.25, 0.3) is 0 Å². The first-order valence-corrected chi connectivity index (χ1v) is 12.2. The van der Waals surface area contributed by atoms with Gasteiger partial charge in [-0.25, -0.2) is 0 Å². The Bertz CT molecular complexity index is 1130. The fraction of sp³-hybridized carbons (Fsp3) is 0.310. The van der Waals surface area contributed by atoms with Gasteiger partial charge in [0.2, 0.25) is 0 Å². The third-order valence-corrected chi connectivity index (χ3v) is 6.73. The summed E-state index contributed by atoms with van der Waals surface area (Å²) >= 11 is 0. The fourth-order valence-corrected chi connectivity index (χ4v) is 5.02. The molecule has 2 atom stereocenters. The second kappa shape index (κ2) is 10.8. The number of allylic oxidation sites excluding steroid dienone is 3. The van der Waals surface area contributed by atoms with E-state index in [1.165, 1.54) is 11.1 Å². The lowest BCUT2D eigenvalue weighted by atomic mass is 9.96. The molecule has 2 aromatic carbocycles. The van der Waals surface area contributed by atoms with Gasteiger partial charge in [0.15, 0.2) is 0 Å². The Kier molecular flexibility index (Phi) is 7.20. The number of piperazine rings is 1. The zero-order chi connectivity index (χ0) is 24.0. The average Bonchev–Trinajstić information content (AvgIpc) is 3.34. The third kappa shape index (κ3) is 5.44. The van der Waals surface area contributed by atoms with Gasteiger partial charge in [-0.15, -0.1) is 0 Å². The zero-order valence-electron chi connectivity index (χ0n) is 19.7. The molecule has 1 N–H and O–H groups in total. The summed E-state index contributed by atoms with van der Waals surface area (Å²) in [5.41, 5.74) is 3.91. The molecule has 0 bridgehead atoms. The minimum absolute atomic E-state index is 0.156. The van der Waals surface area contributed by atoms with Crippen LogP contribution >= 0.6 is 0 Å². The van der Waals surface area contributed by atoms with Gasteiger partial charge in [-0.3, -0.25) is 14.8 Å². The van der Waals surface area contributed by atoms with E-state index in [2.05, 4.69) is 81.5 Å². The van der Waals surface area contributed by atoms with Gasteiger partial charge in [-0.05, 0) is 23.3 Å². The van der Waals surface area contributed by atoms with E-state index in [-0.39, 0.29) is 18.7 Å². The monoisotopic (exact) mass is 466 g/mol. The highest BCUT2D eigenvalue weighted by molar-refractivity contribution is 6.10. The van der Waals surface area contributed by atoms with E-state index in [1.807, 2.05) is 18.2 Å². The maximum Gasteiger partial charge on any atom is 0.136 e. The van der Waals surface area contributed by atoms with Gasteiger partial charge >= 0.3 is 0 Å². The number of hydrogen-bond donors (Lipinski definition) is 1. The predicted octanol–water partition coefficient (Wildman–Crippen LogP) is 3.50. The first-order valence-electron chi connectivity index (χ1n) is 12.2. The van der Waals surface area contributed by atoms with Crippen LogP contribution in [0.3, 0.4) is 0 Å². The van der Waals surface area contributed by atoms with E-state index in [0.717, 1.165) is 31.8 Å². The molecule has 6 nitrogen and oxygen atoms in total. The van der Waals surface area contributed by atoms with Gasteiger partial charge in [-0.1, -0.05) is 72.8 Å². The van der Waals surface area contributed by atoms with Crippen molar-refractivity contribution in [3.05, 3.63) is 107 Å². The van der Waals surface area contributed by atoms with E-state index >= 15 is 0 Å². The molecule has 0 aromatic heterocycles. The van der Waals surface area contributed by atoms with Crippen LogP contribution in [-0.4, -0.2) is 72.1 Å². The van der Waals surface area contributed by atoms with Gasteiger partial charge in [0.25, 0.3) is 0 Å². The molecule has 3 aliphatic rings. The van der Waals surface area contributed by atoms with Gasteiger partial charge in [-0.2, -0.15) is 5.26 Å². The van der Waals surface area contributed by atoms with Crippen LogP contribution < -0.4 is 0 Å². The second-order valence-electron chi connectivity index (χ2n) is 9.11. The number of rotatable bonds is 8. The van der Waals surface area contributed by atoms with Crippen molar-refractivity contribution in [2.75, 3.05) is 39.3 Å². The highest BCUT2D eigenvalue weighted by atomic mass is 16.5. The van der Waals surface area contributed by atoms with Crippen molar-refractivity contribution in [2.45, 2.75) is 18.2 Å². The number of nitriles is 1. The normalized spacial score (nSPS) is 21.1. The summed E-state index contributed by atoms with van der Waals surface area (Å²) in [6.45, 7) is 4.43. The van der Waals surface area contributed by atoms with E-state index in [4.69, 9.17) is 10.00 Å². The van der Waals surface area contributed by atoms with Crippen molar-refractivity contribution >= 4 is 5.71 Å². The molecule has 2 heterocycles. The molecule has 35 heavy (non-hydrogen) atoms. The lowest BCUT2D eigenvalue weighted by Crippen LogP contribution is -2.50. The second-order valence-corrected chi connectivity index (χ2v) is 9.11. The molecule has 0 radical (unpaired) electrons. The number of ether oxygens (including phenoxy) is 1. The van der Waals surface area contributed by atoms with Crippen molar-refractivity contribution < 1.29 is 9.84 Å². The quantitative estimate of drug-likeness (QED) is 0.645. The number of nitrogens with zero attached hydrogens (tertiary/aromatic N) is 4. The molecule has 0 amide bonds. The van der Waals surface area contributed by atoms with Crippen molar-refractivity contribution in [1.29, 1.82) is 5.26 Å². The first kappa shape index (κ1) is 23.3. The standard InChI is InChI=1S/C29H30N4O2/c30-19-24-18-26-27(31-24)12-7-13-28(26)35-21-25(34)20-32-14-16-33(17-15-32)29(22-8-3-1-4-9-22)23-10-5-2-6-11-23/h1-13,18,25,27,29,34H,14-17,20-21H2. The highest BCUT2D eigenvalue weighted by Crippen LogP contribution is 2.30. The van der Waals surface area contributed by atoms with Crippen LogP contribution in [0.15, 0.2) is 101 Å². The van der Waals surface area contributed by atoms with Gasteiger partial charge < -0.3 is 9.84 Å². The average molecular weight is 467 g/mol. The van der Waals surface area contributed by atoms with Crippen LogP contribution in [0.2, 0.25) is 0 Å². The van der Waals surface area contributed by atoms with E-state index in [1.54, 1.807) is 6.08 Å². The molecule has 1 saturated heterocycles. The predicted molar refractivity (Wildman–Crippen MR) is 137 cm³/mol. The molecule has 2 aromatic rings. The first-order chi connectivity index (χ1) is 17.2. The minimum Gasteiger partial charge on any atom is -0.490 e. The smallest absolute Gasteiger partial charge is 0.136 e. The SMILES string of the molecule is N#CC1=NC2C=CC=C(OCC(O)CN3CCN(C(c4ccccc4)c4ccccc4)CC3)C2=C1. The number of benzene rings is 2. The van der Waals surface area contributed by atoms with Crippen LogP contribution in [0.1, 0.15) is 17.2 Å². The summed E-state index contributed by atoms with van der Waals surface area (Å²) in [5, 5.41) is 19.8. The molecule has 0 spiro atoms. The fourth-order valence-electron chi connectivity index (χ4n) is 5.02. The van der Waals surface area contributed by atoms with Crippen LogP contribution in [0.5, 0.6) is 0 Å². The summed E-state index contributed by atoms with van der Waals surface area (Å²) < 4.78 is 5.94. The van der Waals surface area contributed by atoms with Crippen molar-refractivity contribution in [3.8, 4) is 6.07 Å². The number of aliphatic imine (C=N–C) groups is 1.